The summed E-state index contributed by atoms with van der Waals surface area (Å²) in [5, 5.41) is 7.44. The van der Waals surface area contributed by atoms with Crippen molar-refractivity contribution in [2.45, 2.75) is 25.5 Å². The molecule has 5 heteroatoms. The maximum atomic E-state index is 5.87. The molecule has 1 unspecified atom stereocenters. The monoisotopic (exact) mass is 218 g/mol. The summed E-state index contributed by atoms with van der Waals surface area (Å²) in [6.07, 6.45) is 4.72. The van der Waals surface area contributed by atoms with Gasteiger partial charge in [0.05, 0.1) is 6.20 Å². The second kappa shape index (κ2) is 3.75. The first kappa shape index (κ1) is 9.59. The van der Waals surface area contributed by atoms with Crippen molar-refractivity contribution in [1.29, 1.82) is 0 Å². The zero-order valence-corrected chi connectivity index (χ0v) is 9.13. The Labute approximate surface area is 93.4 Å². The summed E-state index contributed by atoms with van der Waals surface area (Å²) >= 11 is 0. The van der Waals surface area contributed by atoms with Crippen LogP contribution < -0.4 is 10.1 Å². The molecule has 16 heavy (non-hydrogen) atoms. The molecule has 0 radical (unpaired) electrons. The van der Waals surface area contributed by atoms with Crippen molar-refractivity contribution in [3.8, 4) is 5.75 Å². The molecular weight excluding hydrogens is 204 g/mol. The summed E-state index contributed by atoms with van der Waals surface area (Å²) in [6, 6.07) is 4.39. The fraction of sp³-hybridized carbons (Fsp3) is 0.455. The van der Waals surface area contributed by atoms with E-state index in [9.17, 15) is 0 Å². The van der Waals surface area contributed by atoms with Gasteiger partial charge in [-0.15, -0.1) is 0 Å². The average Bonchev–Trinajstić information content (AvgIpc) is 2.87. The highest BCUT2D eigenvalue weighted by atomic mass is 16.5. The van der Waals surface area contributed by atoms with Gasteiger partial charge in [-0.2, -0.15) is 5.10 Å². The number of hydrogen-bond donors (Lipinski definition) is 1. The number of nitrogens with one attached hydrogen (secondary N) is 1. The van der Waals surface area contributed by atoms with Gasteiger partial charge in [0.25, 0.3) is 0 Å². The van der Waals surface area contributed by atoms with Crippen molar-refractivity contribution in [1.82, 2.24) is 19.9 Å². The molecule has 1 saturated heterocycles. The van der Waals surface area contributed by atoms with Crippen LogP contribution in [-0.4, -0.2) is 33.3 Å². The quantitative estimate of drug-likeness (QED) is 0.812. The van der Waals surface area contributed by atoms with Crippen molar-refractivity contribution in [3.63, 3.8) is 0 Å². The molecule has 5 nitrogen and oxygen atoms in total. The number of rotatable bonds is 2. The summed E-state index contributed by atoms with van der Waals surface area (Å²) in [5.74, 6) is 0.846. The first-order chi connectivity index (χ1) is 7.81. The molecule has 1 fully saturated rings. The van der Waals surface area contributed by atoms with Crippen LogP contribution in [0.15, 0.2) is 24.7 Å². The maximum absolute atomic E-state index is 5.87. The van der Waals surface area contributed by atoms with Gasteiger partial charge in [0, 0.05) is 19.0 Å². The topological polar surface area (TPSA) is 51.5 Å². The first-order valence-electron chi connectivity index (χ1n) is 5.51. The normalized spacial score (nSPS) is 25.1. The molecular formula is C11H14N4O. The van der Waals surface area contributed by atoms with Crippen LogP contribution in [0.4, 0.5) is 0 Å². The van der Waals surface area contributed by atoms with Crippen molar-refractivity contribution < 1.29 is 4.74 Å². The third kappa shape index (κ3) is 1.74. The molecule has 0 amide bonds. The van der Waals surface area contributed by atoms with E-state index in [1.54, 1.807) is 4.52 Å². The van der Waals surface area contributed by atoms with Gasteiger partial charge in [-0.3, -0.25) is 0 Å². The zero-order valence-electron chi connectivity index (χ0n) is 9.13. The van der Waals surface area contributed by atoms with Crippen LogP contribution in [0.2, 0.25) is 0 Å². The van der Waals surface area contributed by atoms with E-state index < -0.39 is 0 Å². The molecule has 2 aromatic rings. The summed E-state index contributed by atoms with van der Waals surface area (Å²) in [4.78, 5) is 4.09. The van der Waals surface area contributed by atoms with Crippen LogP contribution in [0.25, 0.3) is 5.65 Å². The van der Waals surface area contributed by atoms with Gasteiger partial charge in [-0.1, -0.05) is 0 Å². The van der Waals surface area contributed by atoms with Crippen molar-refractivity contribution in [2.24, 2.45) is 0 Å². The second-order valence-corrected chi connectivity index (χ2v) is 4.21. The van der Waals surface area contributed by atoms with E-state index in [4.69, 9.17) is 4.74 Å². The van der Waals surface area contributed by atoms with Crippen LogP contribution in [0.5, 0.6) is 5.75 Å². The van der Waals surface area contributed by atoms with Gasteiger partial charge in [0.1, 0.15) is 18.2 Å². The highest BCUT2D eigenvalue weighted by Gasteiger charge is 2.22. The summed E-state index contributed by atoms with van der Waals surface area (Å²) in [6.45, 7) is 3.08. The minimum absolute atomic E-state index is 0.260. The number of pyridine rings is 1. The van der Waals surface area contributed by atoms with E-state index >= 15 is 0 Å². The third-order valence-corrected chi connectivity index (χ3v) is 2.86. The van der Waals surface area contributed by atoms with E-state index in [1.165, 1.54) is 6.33 Å². The molecule has 0 aliphatic carbocycles. The van der Waals surface area contributed by atoms with Gasteiger partial charge in [0.15, 0.2) is 5.65 Å². The first-order valence-corrected chi connectivity index (χ1v) is 5.51. The Balaban J connectivity index is 1.78. The Morgan fingerprint density at radius 1 is 1.50 bits per heavy atom. The molecule has 2 atom stereocenters. The summed E-state index contributed by atoms with van der Waals surface area (Å²) < 4.78 is 7.60. The predicted octanol–water partition coefficient (Wildman–Crippen LogP) is 0.858. The lowest BCUT2D eigenvalue weighted by Crippen LogP contribution is -2.20. The Hall–Kier alpha value is -1.62. The molecule has 2 aromatic heterocycles. The molecule has 3 heterocycles. The van der Waals surface area contributed by atoms with E-state index in [-0.39, 0.29) is 6.10 Å². The van der Waals surface area contributed by atoms with Crippen molar-refractivity contribution in [2.75, 3.05) is 6.54 Å². The van der Waals surface area contributed by atoms with Crippen LogP contribution in [0.3, 0.4) is 0 Å². The zero-order chi connectivity index (χ0) is 11.0. The highest BCUT2D eigenvalue weighted by molar-refractivity contribution is 5.39. The van der Waals surface area contributed by atoms with E-state index in [1.807, 2.05) is 18.3 Å². The van der Waals surface area contributed by atoms with Crippen molar-refractivity contribution >= 4 is 5.65 Å². The number of aromatic nitrogens is 3. The van der Waals surface area contributed by atoms with Gasteiger partial charge in [0.2, 0.25) is 0 Å². The minimum atomic E-state index is 0.260. The molecule has 0 bridgehead atoms. The minimum Gasteiger partial charge on any atom is -0.487 e. The fourth-order valence-electron chi connectivity index (χ4n) is 2.04. The average molecular weight is 218 g/mol. The molecule has 0 spiro atoms. The Bertz CT molecular complexity index is 495. The third-order valence-electron chi connectivity index (χ3n) is 2.86. The Kier molecular flexibility index (Phi) is 2.25. The molecule has 0 saturated carbocycles. The smallest absolute Gasteiger partial charge is 0.155 e. The number of hydrogen-bond acceptors (Lipinski definition) is 4. The van der Waals surface area contributed by atoms with E-state index in [0.717, 1.165) is 24.4 Å². The molecule has 0 aromatic carbocycles. The Morgan fingerprint density at radius 3 is 3.25 bits per heavy atom. The maximum Gasteiger partial charge on any atom is 0.155 e. The highest BCUT2D eigenvalue weighted by Crippen LogP contribution is 2.17. The molecule has 1 aliphatic heterocycles. The predicted molar refractivity (Wildman–Crippen MR) is 59.5 cm³/mol. The SMILES string of the molecule is C[C@H]1CC(Oc2ccc3ncnn3c2)CN1. The summed E-state index contributed by atoms with van der Waals surface area (Å²) in [7, 11) is 0. The number of fused-ring (bicyclic) bond motifs is 1. The Morgan fingerprint density at radius 2 is 2.44 bits per heavy atom. The van der Waals surface area contributed by atoms with Crippen LogP contribution in [-0.2, 0) is 0 Å². The number of nitrogens with zero attached hydrogens (tertiary/aromatic N) is 3. The van der Waals surface area contributed by atoms with Gasteiger partial charge >= 0.3 is 0 Å². The lowest BCUT2D eigenvalue weighted by Gasteiger charge is -2.12. The molecule has 1 aliphatic rings. The largest absolute Gasteiger partial charge is 0.487 e. The van der Waals surface area contributed by atoms with E-state index in [2.05, 4.69) is 22.3 Å². The second-order valence-electron chi connectivity index (χ2n) is 4.21. The van der Waals surface area contributed by atoms with Gasteiger partial charge in [-0.05, 0) is 19.1 Å². The molecule has 3 rings (SSSR count). The standard InChI is InChI=1S/C11H14N4O/c1-8-4-10(5-12-8)16-9-2-3-11-13-7-14-15(11)6-9/h2-3,6-8,10,12H,4-5H2,1H3/t8-,10?/m0/s1. The lowest BCUT2D eigenvalue weighted by atomic mass is 10.2. The fourth-order valence-corrected chi connectivity index (χ4v) is 2.04. The molecule has 84 valence electrons. The summed E-state index contributed by atoms with van der Waals surface area (Å²) in [5.41, 5.74) is 0.838. The lowest BCUT2D eigenvalue weighted by molar-refractivity contribution is 0.219. The molecule has 1 N–H and O–H groups in total. The van der Waals surface area contributed by atoms with Crippen LogP contribution in [0.1, 0.15) is 13.3 Å². The van der Waals surface area contributed by atoms with Gasteiger partial charge in [-0.25, -0.2) is 9.50 Å². The van der Waals surface area contributed by atoms with Crippen molar-refractivity contribution in [3.05, 3.63) is 24.7 Å². The van der Waals surface area contributed by atoms with Crippen LogP contribution >= 0.6 is 0 Å². The van der Waals surface area contributed by atoms with Crippen LogP contribution in [0, 0.1) is 0 Å². The number of ether oxygens (including phenoxy) is 1. The van der Waals surface area contributed by atoms with Gasteiger partial charge < -0.3 is 10.1 Å². The van der Waals surface area contributed by atoms with E-state index in [0.29, 0.717) is 6.04 Å².